The van der Waals surface area contributed by atoms with E-state index in [1.54, 1.807) is 34.2 Å². The Bertz CT molecular complexity index is 1340. The molecule has 1 fully saturated rings. The molecule has 174 valence electrons. The van der Waals surface area contributed by atoms with Gasteiger partial charge >= 0.3 is 0 Å². The highest BCUT2D eigenvalue weighted by molar-refractivity contribution is 5.56. The van der Waals surface area contributed by atoms with Crippen LogP contribution in [0.15, 0.2) is 66.1 Å². The zero-order valence-corrected chi connectivity index (χ0v) is 18.6. The lowest BCUT2D eigenvalue weighted by Gasteiger charge is -2.38. The fourth-order valence-corrected chi connectivity index (χ4v) is 3.62. The van der Waals surface area contributed by atoms with E-state index in [0.717, 1.165) is 16.8 Å². The Hall–Kier alpha value is -3.92. The highest BCUT2D eigenvalue weighted by Gasteiger charge is 2.40. The summed E-state index contributed by atoms with van der Waals surface area (Å²) in [5.74, 6) is 0.999. The van der Waals surface area contributed by atoms with Crippen molar-refractivity contribution in [1.29, 1.82) is 0 Å². The van der Waals surface area contributed by atoms with Gasteiger partial charge in [-0.1, -0.05) is 18.2 Å². The number of ether oxygens (including phenoxy) is 2. The standard InChI is InChI=1S/C24H23FN6O3/c1-30-12-19(9-28-30)31-6-5-22(32)21(29-31)8-17-3-2-4-18(7-17)23-26-10-20(11-27-23)34-16-24(13-25)14-33-15-24/h2-7,9-12H,8,13-16H2,1H3. The topological polar surface area (TPSA) is 97.0 Å². The van der Waals surface area contributed by atoms with E-state index in [1.807, 2.05) is 37.5 Å². The molecule has 0 aliphatic carbocycles. The second kappa shape index (κ2) is 9.14. The minimum atomic E-state index is -0.561. The lowest BCUT2D eigenvalue weighted by atomic mass is 9.89. The molecule has 1 aromatic carbocycles. The van der Waals surface area contributed by atoms with E-state index in [-0.39, 0.29) is 12.0 Å². The van der Waals surface area contributed by atoms with Crippen LogP contribution < -0.4 is 10.2 Å². The van der Waals surface area contributed by atoms with Crippen molar-refractivity contribution in [2.75, 3.05) is 26.5 Å². The molecule has 1 aliphatic heterocycles. The van der Waals surface area contributed by atoms with Crippen molar-refractivity contribution in [3.63, 3.8) is 0 Å². The maximum Gasteiger partial charge on any atom is 0.203 e. The maximum atomic E-state index is 13.2. The number of halogens is 1. The van der Waals surface area contributed by atoms with E-state index in [9.17, 15) is 9.18 Å². The van der Waals surface area contributed by atoms with Crippen molar-refractivity contribution in [3.05, 3.63) is 82.8 Å². The first-order valence-corrected chi connectivity index (χ1v) is 10.8. The molecule has 3 aromatic heterocycles. The molecule has 0 amide bonds. The smallest absolute Gasteiger partial charge is 0.203 e. The average Bonchev–Trinajstić information content (AvgIpc) is 3.27. The molecular formula is C24H23FN6O3. The molecule has 10 heteroatoms. The fourth-order valence-electron chi connectivity index (χ4n) is 3.62. The molecule has 0 saturated carbocycles. The van der Waals surface area contributed by atoms with Gasteiger partial charge in [-0.15, -0.1) is 0 Å². The number of alkyl halides is 1. The highest BCUT2D eigenvalue weighted by Crippen LogP contribution is 2.29. The predicted molar refractivity (Wildman–Crippen MR) is 122 cm³/mol. The lowest BCUT2D eigenvalue weighted by molar-refractivity contribution is -0.141. The molecule has 9 nitrogen and oxygen atoms in total. The van der Waals surface area contributed by atoms with Crippen molar-refractivity contribution in [2.45, 2.75) is 6.42 Å². The number of nitrogens with zero attached hydrogens (tertiary/aromatic N) is 6. The van der Waals surface area contributed by atoms with E-state index in [4.69, 9.17) is 9.47 Å². The fraction of sp³-hybridized carbons (Fsp3) is 0.292. The first kappa shape index (κ1) is 21.9. The Kier molecular flexibility index (Phi) is 5.89. The van der Waals surface area contributed by atoms with Gasteiger partial charge in [-0.2, -0.15) is 10.2 Å². The maximum absolute atomic E-state index is 13.2. The first-order valence-electron chi connectivity index (χ1n) is 10.8. The summed E-state index contributed by atoms with van der Waals surface area (Å²) in [6.45, 7) is 0.461. The Labute approximate surface area is 194 Å². The van der Waals surface area contributed by atoms with Gasteiger partial charge in [0.25, 0.3) is 0 Å². The number of aryl methyl sites for hydroxylation is 1. The van der Waals surface area contributed by atoms with Crippen LogP contribution in [0.2, 0.25) is 0 Å². The SMILES string of the molecule is Cn1cc(-n2ccc(=O)c(Cc3cccc(-c4ncc(OCC5(CF)COC5)cn4)c3)n2)cn1. The van der Waals surface area contributed by atoms with Crippen LogP contribution in [-0.2, 0) is 18.2 Å². The largest absolute Gasteiger partial charge is 0.489 e. The van der Waals surface area contributed by atoms with Gasteiger partial charge in [-0.05, 0) is 11.6 Å². The molecule has 0 bridgehead atoms. The van der Waals surface area contributed by atoms with Crippen LogP contribution in [0.3, 0.4) is 0 Å². The van der Waals surface area contributed by atoms with Gasteiger partial charge in [0.1, 0.15) is 24.7 Å². The van der Waals surface area contributed by atoms with Gasteiger partial charge in [0.05, 0.1) is 43.4 Å². The third-order valence-corrected chi connectivity index (χ3v) is 5.67. The van der Waals surface area contributed by atoms with Crippen molar-refractivity contribution in [1.82, 2.24) is 29.5 Å². The third-order valence-electron chi connectivity index (χ3n) is 5.67. The Morgan fingerprint density at radius 2 is 2.00 bits per heavy atom. The molecule has 5 rings (SSSR count). The average molecular weight is 462 g/mol. The van der Waals surface area contributed by atoms with Crippen LogP contribution in [0.4, 0.5) is 4.39 Å². The molecule has 0 unspecified atom stereocenters. The van der Waals surface area contributed by atoms with Crippen molar-refractivity contribution < 1.29 is 13.9 Å². The Balaban J connectivity index is 1.31. The van der Waals surface area contributed by atoms with Crippen LogP contribution in [-0.4, -0.2) is 56.0 Å². The molecule has 34 heavy (non-hydrogen) atoms. The number of benzene rings is 1. The van der Waals surface area contributed by atoms with E-state index >= 15 is 0 Å². The second-order valence-electron chi connectivity index (χ2n) is 8.48. The summed E-state index contributed by atoms with van der Waals surface area (Å²) >= 11 is 0. The predicted octanol–water partition coefficient (Wildman–Crippen LogP) is 2.38. The quantitative estimate of drug-likeness (QED) is 0.397. The lowest BCUT2D eigenvalue weighted by Crippen LogP contribution is -2.48. The summed E-state index contributed by atoms with van der Waals surface area (Å²) in [4.78, 5) is 21.2. The molecule has 0 N–H and O–H groups in total. The molecule has 1 saturated heterocycles. The van der Waals surface area contributed by atoms with Gasteiger partial charge in [0.2, 0.25) is 5.43 Å². The first-order chi connectivity index (χ1) is 16.5. The number of hydrogen-bond donors (Lipinski definition) is 0. The van der Waals surface area contributed by atoms with Crippen LogP contribution in [0.1, 0.15) is 11.3 Å². The minimum Gasteiger partial charge on any atom is -0.489 e. The van der Waals surface area contributed by atoms with Crippen LogP contribution in [0.25, 0.3) is 17.1 Å². The molecular weight excluding hydrogens is 439 g/mol. The van der Waals surface area contributed by atoms with Gasteiger partial charge in [-0.3, -0.25) is 13.9 Å². The van der Waals surface area contributed by atoms with Gasteiger partial charge in [0.15, 0.2) is 11.6 Å². The van der Waals surface area contributed by atoms with Gasteiger partial charge in [-0.25, -0.2) is 14.6 Å². The van der Waals surface area contributed by atoms with E-state index in [0.29, 0.717) is 36.9 Å². The van der Waals surface area contributed by atoms with Crippen LogP contribution >= 0.6 is 0 Å². The zero-order valence-electron chi connectivity index (χ0n) is 18.6. The zero-order chi connectivity index (χ0) is 23.5. The summed E-state index contributed by atoms with van der Waals surface area (Å²) in [5, 5.41) is 8.64. The molecule has 4 aromatic rings. The number of hydrogen-bond acceptors (Lipinski definition) is 7. The van der Waals surface area contributed by atoms with Gasteiger partial charge in [0, 0.05) is 31.3 Å². The summed E-state index contributed by atoms with van der Waals surface area (Å²) in [7, 11) is 1.82. The molecule has 4 heterocycles. The molecule has 0 atom stereocenters. The van der Waals surface area contributed by atoms with Gasteiger partial charge < -0.3 is 9.47 Å². The monoisotopic (exact) mass is 462 g/mol. The number of rotatable bonds is 8. The van der Waals surface area contributed by atoms with Crippen LogP contribution in [0.5, 0.6) is 5.75 Å². The van der Waals surface area contributed by atoms with E-state index in [1.165, 1.54) is 6.07 Å². The summed E-state index contributed by atoms with van der Waals surface area (Å²) in [6.07, 6.45) is 8.65. The third kappa shape index (κ3) is 4.58. The minimum absolute atomic E-state index is 0.133. The summed E-state index contributed by atoms with van der Waals surface area (Å²) in [6, 6.07) is 9.16. The Morgan fingerprint density at radius 1 is 1.18 bits per heavy atom. The molecule has 0 spiro atoms. The number of aromatic nitrogens is 6. The second-order valence-corrected chi connectivity index (χ2v) is 8.48. The molecule has 0 radical (unpaired) electrons. The summed E-state index contributed by atoms with van der Waals surface area (Å²) < 4.78 is 27.3. The van der Waals surface area contributed by atoms with Crippen molar-refractivity contribution >= 4 is 0 Å². The van der Waals surface area contributed by atoms with E-state index < -0.39 is 12.1 Å². The Morgan fingerprint density at radius 3 is 2.68 bits per heavy atom. The summed E-state index contributed by atoms with van der Waals surface area (Å²) in [5.41, 5.74) is 2.22. The van der Waals surface area contributed by atoms with E-state index in [2.05, 4.69) is 20.2 Å². The molecule has 1 aliphatic rings. The highest BCUT2D eigenvalue weighted by atomic mass is 19.1. The van der Waals surface area contributed by atoms with Crippen LogP contribution in [0, 0.1) is 5.41 Å². The van der Waals surface area contributed by atoms with Crippen molar-refractivity contribution in [2.24, 2.45) is 12.5 Å². The normalized spacial score (nSPS) is 14.5. The van der Waals surface area contributed by atoms with Crippen molar-refractivity contribution in [3.8, 4) is 22.8 Å².